The maximum atomic E-state index is 9.79. The van der Waals surface area contributed by atoms with E-state index in [2.05, 4.69) is 44.5 Å². The van der Waals surface area contributed by atoms with Crippen LogP contribution in [0.3, 0.4) is 0 Å². The van der Waals surface area contributed by atoms with E-state index in [9.17, 15) is 5.11 Å². The molecule has 0 radical (unpaired) electrons. The van der Waals surface area contributed by atoms with Crippen LogP contribution < -0.4 is 5.32 Å². The van der Waals surface area contributed by atoms with Crippen molar-refractivity contribution in [1.29, 1.82) is 0 Å². The van der Waals surface area contributed by atoms with Crippen LogP contribution in [0.15, 0.2) is 36.8 Å². The molecule has 2 aromatic heterocycles. The molecule has 0 amide bonds. The minimum absolute atomic E-state index is 0.123. The zero-order valence-electron chi connectivity index (χ0n) is 17.5. The molecule has 3 aliphatic rings. The molecule has 162 valence electrons. The largest absolute Gasteiger partial charge is 0.394 e. The average molecular weight is 422 g/mol. The summed E-state index contributed by atoms with van der Waals surface area (Å²) >= 11 is 0. The Morgan fingerprint density at radius 2 is 2.00 bits per heavy atom. The van der Waals surface area contributed by atoms with Gasteiger partial charge in [-0.2, -0.15) is 0 Å². The standard InChI is InChI=1S/C23H26N4O4/c1-23(2)30-20-16(10-28)29-19(21(20)31-23)14-9-24-18-17(14)25-11-26-22(18)27-15-8-7-12-5-3-4-6-13(12)15/h3-6,9,11,15-16,19-21,24,28H,7-8,10H2,1-2H3,(H,25,26,27)/t15-,16+,19-,20+,21-/m0/s1. The van der Waals surface area contributed by atoms with Crippen LogP contribution in [0.2, 0.25) is 0 Å². The van der Waals surface area contributed by atoms with Crippen LogP contribution in [-0.2, 0) is 20.6 Å². The Balaban J connectivity index is 1.33. The molecule has 8 nitrogen and oxygen atoms in total. The van der Waals surface area contributed by atoms with Gasteiger partial charge in [0.15, 0.2) is 11.6 Å². The molecule has 4 heterocycles. The van der Waals surface area contributed by atoms with Crippen LogP contribution in [0.4, 0.5) is 5.82 Å². The van der Waals surface area contributed by atoms with Crippen molar-refractivity contribution < 1.29 is 19.3 Å². The van der Waals surface area contributed by atoms with Crippen molar-refractivity contribution in [3.63, 3.8) is 0 Å². The molecule has 5 atom stereocenters. The summed E-state index contributed by atoms with van der Waals surface area (Å²) in [6.07, 6.45) is 4.14. The lowest BCUT2D eigenvalue weighted by Gasteiger charge is -2.23. The number of benzene rings is 1. The molecule has 0 saturated carbocycles. The molecular weight excluding hydrogens is 396 g/mol. The summed E-state index contributed by atoms with van der Waals surface area (Å²) in [5.74, 6) is 0.0594. The van der Waals surface area contributed by atoms with Crippen LogP contribution in [0, 0.1) is 0 Å². The molecule has 3 aromatic rings. The van der Waals surface area contributed by atoms with Gasteiger partial charge in [0.05, 0.1) is 18.2 Å². The summed E-state index contributed by atoms with van der Waals surface area (Å²) in [6.45, 7) is 3.65. The Morgan fingerprint density at radius 1 is 1.16 bits per heavy atom. The summed E-state index contributed by atoms with van der Waals surface area (Å²) in [4.78, 5) is 12.4. The highest BCUT2D eigenvalue weighted by molar-refractivity contribution is 5.88. The minimum Gasteiger partial charge on any atom is -0.394 e. The molecule has 0 spiro atoms. The van der Waals surface area contributed by atoms with Gasteiger partial charge in [0.25, 0.3) is 0 Å². The number of hydrogen-bond acceptors (Lipinski definition) is 7. The van der Waals surface area contributed by atoms with Gasteiger partial charge in [0.1, 0.15) is 36.3 Å². The zero-order chi connectivity index (χ0) is 21.2. The number of aromatic nitrogens is 3. The lowest BCUT2D eigenvalue weighted by molar-refractivity contribution is -0.190. The number of nitrogens with one attached hydrogen (secondary N) is 2. The Bertz CT molecular complexity index is 1130. The molecule has 31 heavy (non-hydrogen) atoms. The van der Waals surface area contributed by atoms with Crippen LogP contribution >= 0.6 is 0 Å². The van der Waals surface area contributed by atoms with E-state index in [1.54, 1.807) is 6.33 Å². The second-order valence-electron chi connectivity index (χ2n) is 8.97. The smallest absolute Gasteiger partial charge is 0.164 e. The van der Waals surface area contributed by atoms with Crippen molar-refractivity contribution in [3.05, 3.63) is 53.5 Å². The molecule has 0 unspecified atom stereocenters. The van der Waals surface area contributed by atoms with Crippen molar-refractivity contribution in [1.82, 2.24) is 15.0 Å². The first kappa shape index (κ1) is 19.2. The first-order valence-corrected chi connectivity index (χ1v) is 10.8. The van der Waals surface area contributed by atoms with Gasteiger partial charge in [-0.1, -0.05) is 24.3 Å². The van der Waals surface area contributed by atoms with Gasteiger partial charge in [0, 0.05) is 11.8 Å². The highest BCUT2D eigenvalue weighted by Gasteiger charge is 2.55. The van der Waals surface area contributed by atoms with Crippen LogP contribution in [0.5, 0.6) is 0 Å². The van der Waals surface area contributed by atoms with Gasteiger partial charge in [-0.3, -0.25) is 0 Å². The van der Waals surface area contributed by atoms with Gasteiger partial charge in [-0.25, -0.2) is 9.97 Å². The Morgan fingerprint density at radius 3 is 2.87 bits per heavy atom. The Kier molecular flexibility index (Phi) is 4.33. The van der Waals surface area contributed by atoms with Gasteiger partial charge in [0.2, 0.25) is 0 Å². The minimum atomic E-state index is -0.714. The van der Waals surface area contributed by atoms with Gasteiger partial charge < -0.3 is 29.6 Å². The predicted octanol–water partition coefficient (Wildman–Crippen LogP) is 3.01. The summed E-state index contributed by atoms with van der Waals surface area (Å²) in [5.41, 5.74) is 5.23. The third-order valence-electron chi connectivity index (χ3n) is 6.57. The highest BCUT2D eigenvalue weighted by atomic mass is 16.8. The Labute approximate surface area is 180 Å². The highest BCUT2D eigenvalue weighted by Crippen LogP contribution is 2.46. The predicted molar refractivity (Wildman–Crippen MR) is 114 cm³/mol. The summed E-state index contributed by atoms with van der Waals surface area (Å²) in [6, 6.07) is 8.76. The number of anilines is 1. The third-order valence-corrected chi connectivity index (χ3v) is 6.57. The van der Waals surface area contributed by atoms with Crippen LogP contribution in [0.1, 0.15) is 49.1 Å². The fraction of sp³-hybridized carbons (Fsp3) is 0.478. The van der Waals surface area contributed by atoms with E-state index in [4.69, 9.17) is 14.2 Å². The van der Waals surface area contributed by atoms with E-state index >= 15 is 0 Å². The lowest BCUT2D eigenvalue weighted by atomic mass is 10.0. The number of aryl methyl sites for hydroxylation is 1. The molecule has 3 N–H and O–H groups in total. The van der Waals surface area contributed by atoms with E-state index in [-0.39, 0.29) is 31.0 Å². The number of aliphatic hydroxyl groups excluding tert-OH is 1. The molecule has 1 aliphatic carbocycles. The maximum absolute atomic E-state index is 9.79. The second-order valence-corrected chi connectivity index (χ2v) is 8.97. The fourth-order valence-corrected chi connectivity index (χ4v) is 5.24. The molecule has 2 fully saturated rings. The SMILES string of the molecule is CC1(C)O[C@@H]2[C@H](O1)[C@@H](CO)O[C@H]2c1c[nH]c2c(N[C@H]3CCc4ccccc43)ncnc12. The van der Waals surface area contributed by atoms with Crippen LogP contribution in [0.25, 0.3) is 11.0 Å². The van der Waals surface area contributed by atoms with Crippen molar-refractivity contribution in [2.24, 2.45) is 0 Å². The number of fused-ring (bicyclic) bond motifs is 3. The summed E-state index contributed by atoms with van der Waals surface area (Å²) in [7, 11) is 0. The van der Waals surface area contributed by atoms with Gasteiger partial charge in [-0.05, 0) is 37.8 Å². The number of aromatic amines is 1. The molecule has 8 heteroatoms. The van der Waals surface area contributed by atoms with E-state index < -0.39 is 11.9 Å². The third kappa shape index (κ3) is 3.05. The average Bonchev–Trinajstić information content (AvgIpc) is 3.50. The molecule has 2 saturated heterocycles. The zero-order valence-corrected chi connectivity index (χ0v) is 17.5. The molecule has 2 aliphatic heterocycles. The molecule has 6 rings (SSSR count). The summed E-state index contributed by atoms with van der Waals surface area (Å²) in [5, 5.41) is 13.4. The number of aliphatic hydroxyl groups is 1. The first-order chi connectivity index (χ1) is 15.0. The fourth-order valence-electron chi connectivity index (χ4n) is 5.24. The number of hydrogen-bond donors (Lipinski definition) is 3. The van der Waals surface area contributed by atoms with E-state index in [1.807, 2.05) is 20.0 Å². The Hall–Kier alpha value is -2.52. The topological polar surface area (TPSA) is 102 Å². The maximum Gasteiger partial charge on any atom is 0.164 e. The summed E-state index contributed by atoms with van der Waals surface area (Å²) < 4.78 is 18.3. The lowest BCUT2D eigenvalue weighted by Crippen LogP contribution is -2.31. The molecular formula is C23H26N4O4. The van der Waals surface area contributed by atoms with Gasteiger partial charge >= 0.3 is 0 Å². The normalized spacial score (nSPS) is 31.1. The van der Waals surface area contributed by atoms with Crippen molar-refractivity contribution in [2.75, 3.05) is 11.9 Å². The monoisotopic (exact) mass is 422 g/mol. The van der Waals surface area contributed by atoms with E-state index in [0.29, 0.717) is 0 Å². The quantitative estimate of drug-likeness (QED) is 0.594. The second kappa shape index (κ2) is 7.00. The first-order valence-electron chi connectivity index (χ1n) is 10.8. The molecule has 1 aromatic carbocycles. The van der Waals surface area contributed by atoms with Gasteiger partial charge in [-0.15, -0.1) is 0 Å². The van der Waals surface area contributed by atoms with E-state index in [1.165, 1.54) is 11.1 Å². The number of H-pyrrole nitrogens is 1. The number of rotatable bonds is 4. The van der Waals surface area contributed by atoms with E-state index in [0.717, 1.165) is 35.3 Å². The number of ether oxygens (including phenoxy) is 3. The van der Waals surface area contributed by atoms with Crippen molar-refractivity contribution in [2.45, 2.75) is 62.9 Å². The van der Waals surface area contributed by atoms with Crippen molar-refractivity contribution >= 4 is 16.9 Å². The van der Waals surface area contributed by atoms with Crippen molar-refractivity contribution in [3.8, 4) is 0 Å². The molecule has 0 bridgehead atoms. The number of nitrogens with zero attached hydrogens (tertiary/aromatic N) is 2. The van der Waals surface area contributed by atoms with Crippen LogP contribution in [-0.4, -0.2) is 50.8 Å².